The van der Waals surface area contributed by atoms with Crippen molar-refractivity contribution < 1.29 is 18.7 Å². The van der Waals surface area contributed by atoms with E-state index in [1.54, 1.807) is 4.90 Å². The SMILES string of the molecule is CCOc1cccc2cc(C(C)NC(=O)CCC(=O)N(CCC#N)c3ccccc3)oc12. The number of carbonyl (C=O) groups excluding carboxylic acids is 2. The number of nitriles is 1. The molecule has 0 spiro atoms. The quantitative estimate of drug-likeness (QED) is 0.498. The predicted molar refractivity (Wildman–Crippen MR) is 122 cm³/mol. The van der Waals surface area contributed by atoms with E-state index in [1.165, 1.54) is 0 Å². The number of carbonyl (C=O) groups is 2. The molecule has 166 valence electrons. The van der Waals surface area contributed by atoms with Crippen molar-refractivity contribution in [2.24, 2.45) is 0 Å². The lowest BCUT2D eigenvalue weighted by atomic mass is 10.2. The molecule has 1 atom stereocenters. The minimum Gasteiger partial charge on any atom is -0.490 e. The third-order valence-electron chi connectivity index (χ3n) is 5.01. The number of hydrogen-bond donors (Lipinski definition) is 1. The van der Waals surface area contributed by atoms with E-state index in [4.69, 9.17) is 14.4 Å². The summed E-state index contributed by atoms with van der Waals surface area (Å²) in [6.45, 7) is 4.56. The van der Waals surface area contributed by atoms with Crippen LogP contribution in [0.1, 0.15) is 44.9 Å². The average Bonchev–Trinajstić information content (AvgIpc) is 3.24. The molecule has 0 bridgehead atoms. The molecule has 0 fully saturated rings. The molecule has 2 amide bonds. The van der Waals surface area contributed by atoms with Crippen molar-refractivity contribution >= 4 is 28.5 Å². The van der Waals surface area contributed by atoms with Crippen LogP contribution in [0.2, 0.25) is 0 Å². The largest absolute Gasteiger partial charge is 0.490 e. The van der Waals surface area contributed by atoms with Crippen molar-refractivity contribution in [2.45, 2.75) is 39.2 Å². The Kier molecular flexibility index (Phi) is 7.87. The summed E-state index contributed by atoms with van der Waals surface area (Å²) in [6, 6.07) is 18.4. The van der Waals surface area contributed by atoms with Gasteiger partial charge < -0.3 is 19.4 Å². The summed E-state index contributed by atoms with van der Waals surface area (Å²) in [4.78, 5) is 26.8. The summed E-state index contributed by atoms with van der Waals surface area (Å²) in [5, 5.41) is 12.7. The maximum Gasteiger partial charge on any atom is 0.227 e. The van der Waals surface area contributed by atoms with Gasteiger partial charge in [0, 0.05) is 30.5 Å². The number of nitrogens with zero attached hydrogens (tertiary/aromatic N) is 2. The second-order valence-electron chi connectivity index (χ2n) is 7.33. The molecule has 7 nitrogen and oxygen atoms in total. The van der Waals surface area contributed by atoms with Crippen LogP contribution >= 0.6 is 0 Å². The Morgan fingerprint density at radius 1 is 1.16 bits per heavy atom. The number of para-hydroxylation sites is 2. The highest BCUT2D eigenvalue weighted by molar-refractivity contribution is 5.95. The number of ether oxygens (including phenoxy) is 1. The fourth-order valence-electron chi connectivity index (χ4n) is 3.45. The lowest BCUT2D eigenvalue weighted by Gasteiger charge is -2.22. The Hall–Kier alpha value is -3.79. The van der Waals surface area contributed by atoms with Crippen molar-refractivity contribution in [3.63, 3.8) is 0 Å². The molecule has 0 aliphatic rings. The first kappa shape index (κ1) is 22.9. The van der Waals surface area contributed by atoms with Gasteiger partial charge in [0.2, 0.25) is 11.8 Å². The molecular formula is C25H27N3O4. The molecule has 0 aliphatic carbocycles. The number of fused-ring (bicyclic) bond motifs is 1. The second-order valence-corrected chi connectivity index (χ2v) is 7.33. The van der Waals surface area contributed by atoms with Crippen molar-refractivity contribution in [3.8, 4) is 11.8 Å². The zero-order chi connectivity index (χ0) is 22.9. The normalized spacial score (nSPS) is 11.5. The molecule has 1 N–H and O–H groups in total. The summed E-state index contributed by atoms with van der Waals surface area (Å²) < 4.78 is 11.5. The van der Waals surface area contributed by atoms with E-state index < -0.39 is 0 Å². The van der Waals surface area contributed by atoms with Crippen molar-refractivity contribution in [1.29, 1.82) is 5.26 Å². The van der Waals surface area contributed by atoms with E-state index in [0.29, 0.717) is 35.9 Å². The Balaban J connectivity index is 1.60. The molecule has 2 aromatic carbocycles. The third kappa shape index (κ3) is 5.67. The molecule has 0 aliphatic heterocycles. The second kappa shape index (κ2) is 11.0. The van der Waals surface area contributed by atoms with Crippen LogP contribution in [-0.4, -0.2) is 25.0 Å². The van der Waals surface area contributed by atoms with E-state index in [9.17, 15) is 9.59 Å². The smallest absolute Gasteiger partial charge is 0.227 e. The van der Waals surface area contributed by atoms with Crippen LogP contribution in [0.15, 0.2) is 59.0 Å². The predicted octanol–water partition coefficient (Wildman–Crippen LogP) is 4.74. The molecule has 3 rings (SSSR count). The van der Waals surface area contributed by atoms with Crippen LogP contribution in [0.3, 0.4) is 0 Å². The Morgan fingerprint density at radius 2 is 1.94 bits per heavy atom. The van der Waals surface area contributed by atoms with E-state index in [-0.39, 0.29) is 37.1 Å². The van der Waals surface area contributed by atoms with Crippen molar-refractivity contribution in [2.75, 3.05) is 18.1 Å². The minimum absolute atomic E-state index is 0.0451. The van der Waals surface area contributed by atoms with Gasteiger partial charge in [0.15, 0.2) is 11.3 Å². The number of anilines is 1. The number of hydrogen-bond acceptors (Lipinski definition) is 5. The van der Waals surface area contributed by atoms with Gasteiger partial charge in [0.05, 0.1) is 25.1 Å². The fraction of sp³-hybridized carbons (Fsp3) is 0.320. The van der Waals surface area contributed by atoms with E-state index >= 15 is 0 Å². The number of amides is 2. The standard InChI is InChI=1S/C25H27N3O4/c1-3-31-21-12-7-9-19-17-22(32-25(19)21)18(2)27-23(29)13-14-24(30)28(16-8-15-26)20-10-5-4-6-11-20/h4-7,9-12,17-18H,3,8,13-14,16H2,1-2H3,(H,27,29). The molecule has 32 heavy (non-hydrogen) atoms. The van der Waals surface area contributed by atoms with Crippen LogP contribution in [0, 0.1) is 11.3 Å². The van der Waals surface area contributed by atoms with Crippen molar-refractivity contribution in [1.82, 2.24) is 5.32 Å². The minimum atomic E-state index is -0.358. The van der Waals surface area contributed by atoms with Crippen LogP contribution in [0.4, 0.5) is 5.69 Å². The molecule has 0 saturated heterocycles. The van der Waals surface area contributed by atoms with Gasteiger partial charge in [-0.05, 0) is 38.1 Å². The van der Waals surface area contributed by atoms with E-state index in [0.717, 1.165) is 5.39 Å². The Bertz CT molecular complexity index is 1100. The van der Waals surface area contributed by atoms with Crippen LogP contribution in [0.25, 0.3) is 11.0 Å². The first-order chi connectivity index (χ1) is 15.5. The highest BCUT2D eigenvalue weighted by Gasteiger charge is 2.19. The monoisotopic (exact) mass is 433 g/mol. The molecule has 1 heterocycles. The van der Waals surface area contributed by atoms with Gasteiger partial charge in [-0.2, -0.15) is 5.26 Å². The summed E-state index contributed by atoms with van der Waals surface area (Å²) >= 11 is 0. The highest BCUT2D eigenvalue weighted by atomic mass is 16.5. The van der Waals surface area contributed by atoms with Gasteiger partial charge in [-0.15, -0.1) is 0 Å². The zero-order valence-electron chi connectivity index (χ0n) is 18.3. The molecule has 0 radical (unpaired) electrons. The van der Waals surface area contributed by atoms with Gasteiger partial charge >= 0.3 is 0 Å². The topological polar surface area (TPSA) is 95.6 Å². The Morgan fingerprint density at radius 3 is 2.66 bits per heavy atom. The lowest BCUT2D eigenvalue weighted by molar-refractivity contribution is -0.125. The van der Waals surface area contributed by atoms with Gasteiger partial charge in [0.25, 0.3) is 0 Å². The molecular weight excluding hydrogens is 406 g/mol. The first-order valence-electron chi connectivity index (χ1n) is 10.7. The lowest BCUT2D eigenvalue weighted by Crippen LogP contribution is -2.33. The van der Waals surface area contributed by atoms with Gasteiger partial charge in [0.1, 0.15) is 5.76 Å². The summed E-state index contributed by atoms with van der Waals surface area (Å²) in [7, 11) is 0. The molecule has 3 aromatic rings. The van der Waals surface area contributed by atoms with Crippen LogP contribution < -0.4 is 15.0 Å². The van der Waals surface area contributed by atoms with Gasteiger partial charge in [-0.3, -0.25) is 9.59 Å². The maximum absolute atomic E-state index is 12.7. The average molecular weight is 434 g/mol. The highest BCUT2D eigenvalue weighted by Crippen LogP contribution is 2.31. The number of nitrogens with one attached hydrogen (secondary N) is 1. The van der Waals surface area contributed by atoms with Crippen LogP contribution in [-0.2, 0) is 9.59 Å². The summed E-state index contributed by atoms with van der Waals surface area (Å²) in [5.74, 6) is 0.842. The van der Waals surface area contributed by atoms with Crippen molar-refractivity contribution in [3.05, 3.63) is 60.4 Å². The zero-order valence-corrected chi connectivity index (χ0v) is 18.3. The number of furan rings is 1. The summed E-state index contributed by atoms with van der Waals surface area (Å²) in [5.41, 5.74) is 1.37. The molecule has 1 unspecified atom stereocenters. The first-order valence-corrected chi connectivity index (χ1v) is 10.7. The molecule has 1 aromatic heterocycles. The number of rotatable bonds is 10. The third-order valence-corrected chi connectivity index (χ3v) is 5.01. The van der Waals surface area contributed by atoms with Gasteiger partial charge in [-0.1, -0.05) is 30.3 Å². The van der Waals surface area contributed by atoms with Crippen LogP contribution in [0.5, 0.6) is 5.75 Å². The summed E-state index contributed by atoms with van der Waals surface area (Å²) in [6.07, 6.45) is 0.316. The fourth-order valence-corrected chi connectivity index (χ4v) is 3.45. The van der Waals surface area contributed by atoms with E-state index in [2.05, 4.69) is 11.4 Å². The number of benzene rings is 2. The van der Waals surface area contributed by atoms with Gasteiger partial charge in [-0.25, -0.2) is 0 Å². The van der Waals surface area contributed by atoms with E-state index in [1.807, 2.05) is 68.4 Å². The molecule has 7 heteroatoms. The molecule has 0 saturated carbocycles. The maximum atomic E-state index is 12.7. The Labute approximate surface area is 187 Å².